The minimum absolute atomic E-state index is 0.0803. The molecule has 1 amide bonds. The van der Waals surface area contributed by atoms with Crippen LogP contribution in [0.2, 0.25) is 0 Å². The van der Waals surface area contributed by atoms with Crippen molar-refractivity contribution in [3.05, 3.63) is 83.8 Å². The molecule has 0 bridgehead atoms. The van der Waals surface area contributed by atoms with E-state index in [0.717, 1.165) is 0 Å². The zero-order valence-electron chi connectivity index (χ0n) is 12.6. The molecule has 3 aromatic rings. The number of amides is 1. The van der Waals surface area contributed by atoms with Gasteiger partial charge in [0, 0.05) is 42.3 Å². The average molecular weight is 305 g/mol. The van der Waals surface area contributed by atoms with E-state index in [9.17, 15) is 9.59 Å². The Kier molecular flexibility index (Phi) is 4.01. The Labute approximate surface area is 133 Å². The van der Waals surface area contributed by atoms with Crippen LogP contribution in [0.4, 0.5) is 5.82 Å². The van der Waals surface area contributed by atoms with Gasteiger partial charge >= 0.3 is 0 Å². The van der Waals surface area contributed by atoms with Crippen molar-refractivity contribution in [3.63, 3.8) is 0 Å². The third-order valence-corrected chi connectivity index (χ3v) is 3.55. The molecule has 2 aromatic heterocycles. The molecule has 23 heavy (non-hydrogen) atoms. The number of nitrogens with one attached hydrogen (secondary N) is 1. The van der Waals surface area contributed by atoms with Crippen molar-refractivity contribution in [2.75, 3.05) is 11.9 Å². The van der Waals surface area contributed by atoms with Crippen molar-refractivity contribution in [2.45, 2.75) is 0 Å². The maximum Gasteiger partial charge on any atom is 0.259 e. The summed E-state index contributed by atoms with van der Waals surface area (Å²) >= 11 is 0. The number of ketones is 1. The fourth-order valence-corrected chi connectivity index (χ4v) is 2.25. The molecule has 0 aliphatic heterocycles. The van der Waals surface area contributed by atoms with Crippen LogP contribution in [0.1, 0.15) is 26.3 Å². The molecule has 114 valence electrons. The number of hydrogen-bond donors (Lipinski definition) is 1. The lowest BCUT2D eigenvalue weighted by Crippen LogP contribution is -2.26. The van der Waals surface area contributed by atoms with E-state index in [2.05, 4.69) is 9.97 Å². The highest BCUT2D eigenvalue weighted by Crippen LogP contribution is 2.14. The first kappa shape index (κ1) is 14.7. The predicted molar refractivity (Wildman–Crippen MR) is 87.6 cm³/mol. The van der Waals surface area contributed by atoms with E-state index >= 15 is 0 Å². The molecule has 0 radical (unpaired) electrons. The second-order valence-corrected chi connectivity index (χ2v) is 5.06. The predicted octanol–water partition coefficient (Wildman–Crippen LogP) is 2.92. The third kappa shape index (κ3) is 3.03. The van der Waals surface area contributed by atoms with E-state index in [-0.39, 0.29) is 11.7 Å². The summed E-state index contributed by atoms with van der Waals surface area (Å²) < 4.78 is 0. The lowest BCUT2D eigenvalue weighted by molar-refractivity contribution is 0.0989. The van der Waals surface area contributed by atoms with Crippen molar-refractivity contribution in [3.8, 4) is 0 Å². The summed E-state index contributed by atoms with van der Waals surface area (Å²) in [6.07, 6.45) is 4.99. The van der Waals surface area contributed by atoms with Gasteiger partial charge < -0.3 is 4.98 Å². The summed E-state index contributed by atoms with van der Waals surface area (Å²) in [5.41, 5.74) is 1.64. The van der Waals surface area contributed by atoms with E-state index in [1.165, 1.54) is 4.90 Å². The van der Waals surface area contributed by atoms with E-state index in [1.807, 2.05) is 6.07 Å². The second-order valence-electron chi connectivity index (χ2n) is 5.06. The van der Waals surface area contributed by atoms with Crippen LogP contribution in [-0.2, 0) is 0 Å². The molecule has 0 saturated carbocycles. The average Bonchev–Trinajstić information content (AvgIpc) is 3.15. The van der Waals surface area contributed by atoms with Gasteiger partial charge in [0.25, 0.3) is 5.91 Å². The standard InChI is InChI=1S/C18H15N3O2/c1-21(16-4-2-3-10-20-16)18(23)14-7-5-13(6-8-14)17(22)15-9-11-19-12-15/h2-12,19H,1H3. The lowest BCUT2D eigenvalue weighted by Gasteiger charge is -2.16. The molecular formula is C18H15N3O2. The summed E-state index contributed by atoms with van der Waals surface area (Å²) in [6.45, 7) is 0. The second kappa shape index (κ2) is 6.27. The number of aromatic amines is 1. The van der Waals surface area contributed by atoms with Crippen LogP contribution >= 0.6 is 0 Å². The number of hydrogen-bond acceptors (Lipinski definition) is 3. The molecule has 0 aliphatic carbocycles. The molecule has 1 aromatic carbocycles. The lowest BCUT2D eigenvalue weighted by atomic mass is 10.0. The fraction of sp³-hybridized carbons (Fsp3) is 0.0556. The number of anilines is 1. The highest BCUT2D eigenvalue weighted by molar-refractivity contribution is 6.10. The Morgan fingerprint density at radius 2 is 1.70 bits per heavy atom. The topological polar surface area (TPSA) is 66.1 Å². The minimum atomic E-state index is -0.177. The van der Waals surface area contributed by atoms with Gasteiger partial charge in [-0.2, -0.15) is 0 Å². The minimum Gasteiger partial charge on any atom is -0.367 e. The number of nitrogens with zero attached hydrogens (tertiary/aromatic N) is 2. The van der Waals surface area contributed by atoms with Crippen LogP contribution < -0.4 is 4.90 Å². The smallest absolute Gasteiger partial charge is 0.259 e. The number of pyridine rings is 1. The molecule has 0 spiro atoms. The molecule has 0 atom stereocenters. The van der Waals surface area contributed by atoms with Crippen molar-refractivity contribution >= 4 is 17.5 Å². The van der Waals surface area contributed by atoms with Gasteiger partial charge in [-0.1, -0.05) is 18.2 Å². The summed E-state index contributed by atoms with van der Waals surface area (Å²) in [7, 11) is 1.67. The van der Waals surface area contributed by atoms with Crippen LogP contribution in [-0.4, -0.2) is 28.7 Å². The first-order chi connectivity index (χ1) is 11.2. The van der Waals surface area contributed by atoms with Gasteiger partial charge in [0.05, 0.1) is 0 Å². The zero-order valence-corrected chi connectivity index (χ0v) is 12.6. The van der Waals surface area contributed by atoms with Gasteiger partial charge in [-0.15, -0.1) is 0 Å². The normalized spacial score (nSPS) is 10.3. The summed E-state index contributed by atoms with van der Waals surface area (Å²) in [5.74, 6) is 0.317. The highest BCUT2D eigenvalue weighted by Gasteiger charge is 2.15. The first-order valence-electron chi connectivity index (χ1n) is 7.13. The van der Waals surface area contributed by atoms with Crippen molar-refractivity contribution < 1.29 is 9.59 Å². The number of carbonyl (C=O) groups excluding carboxylic acids is 2. The van der Waals surface area contributed by atoms with Gasteiger partial charge in [-0.05, 0) is 30.3 Å². The number of H-pyrrole nitrogens is 1. The largest absolute Gasteiger partial charge is 0.367 e. The van der Waals surface area contributed by atoms with Crippen LogP contribution in [0, 0.1) is 0 Å². The van der Waals surface area contributed by atoms with Crippen LogP contribution in [0.25, 0.3) is 0 Å². The Hall–Kier alpha value is -3.21. The van der Waals surface area contributed by atoms with Gasteiger partial charge in [-0.3, -0.25) is 14.5 Å². The summed E-state index contributed by atoms with van der Waals surface area (Å²) in [5, 5.41) is 0. The van der Waals surface area contributed by atoms with Crippen molar-refractivity contribution in [1.29, 1.82) is 0 Å². The van der Waals surface area contributed by atoms with E-state index < -0.39 is 0 Å². The molecule has 1 N–H and O–H groups in total. The van der Waals surface area contributed by atoms with Gasteiger partial charge in [0.2, 0.25) is 0 Å². The number of aromatic nitrogens is 2. The van der Waals surface area contributed by atoms with Gasteiger partial charge in [-0.25, -0.2) is 4.98 Å². The Balaban J connectivity index is 1.79. The number of benzene rings is 1. The first-order valence-corrected chi connectivity index (χ1v) is 7.13. The Morgan fingerprint density at radius 1 is 0.957 bits per heavy atom. The Bertz CT molecular complexity index is 809. The molecule has 5 nitrogen and oxygen atoms in total. The van der Waals surface area contributed by atoms with Crippen molar-refractivity contribution in [2.24, 2.45) is 0 Å². The maximum atomic E-state index is 12.5. The number of carbonyl (C=O) groups is 2. The maximum absolute atomic E-state index is 12.5. The molecular weight excluding hydrogens is 290 g/mol. The zero-order chi connectivity index (χ0) is 16.2. The summed E-state index contributed by atoms with van der Waals surface area (Å²) in [4.78, 5) is 33.2. The quantitative estimate of drug-likeness (QED) is 0.754. The molecule has 0 aliphatic rings. The van der Waals surface area contributed by atoms with Gasteiger partial charge in [0.1, 0.15) is 5.82 Å². The fourth-order valence-electron chi connectivity index (χ4n) is 2.25. The third-order valence-electron chi connectivity index (χ3n) is 3.55. The van der Waals surface area contributed by atoms with E-state index in [4.69, 9.17) is 0 Å². The van der Waals surface area contributed by atoms with Crippen LogP contribution in [0.15, 0.2) is 67.1 Å². The Morgan fingerprint density at radius 3 is 2.30 bits per heavy atom. The molecule has 3 rings (SSSR count). The van der Waals surface area contributed by atoms with Crippen LogP contribution in [0.3, 0.4) is 0 Å². The molecule has 0 fully saturated rings. The molecule has 2 heterocycles. The number of rotatable bonds is 4. The molecule has 0 saturated heterocycles. The monoisotopic (exact) mass is 305 g/mol. The molecule has 0 unspecified atom stereocenters. The van der Waals surface area contributed by atoms with E-state index in [1.54, 1.807) is 68.1 Å². The highest BCUT2D eigenvalue weighted by atomic mass is 16.2. The van der Waals surface area contributed by atoms with Crippen molar-refractivity contribution in [1.82, 2.24) is 9.97 Å². The van der Waals surface area contributed by atoms with Gasteiger partial charge in [0.15, 0.2) is 5.78 Å². The molecule has 5 heteroatoms. The summed E-state index contributed by atoms with van der Waals surface area (Å²) in [6, 6.07) is 13.7. The van der Waals surface area contributed by atoms with Crippen LogP contribution in [0.5, 0.6) is 0 Å². The SMILES string of the molecule is CN(C(=O)c1ccc(C(=O)c2cc[nH]c2)cc1)c1ccccn1. The van der Waals surface area contributed by atoms with E-state index in [0.29, 0.717) is 22.5 Å².